The summed E-state index contributed by atoms with van der Waals surface area (Å²) >= 11 is 1.72. The zero-order chi connectivity index (χ0) is 16.9. The highest BCUT2D eigenvalue weighted by Crippen LogP contribution is 2.36. The highest BCUT2D eigenvalue weighted by Gasteiger charge is 2.33. The Morgan fingerprint density at radius 3 is 2.70 bits per heavy atom. The fourth-order valence-electron chi connectivity index (χ4n) is 2.38. The topological polar surface area (TPSA) is 64.1 Å². The third kappa shape index (κ3) is 6.02. The van der Waals surface area contributed by atoms with E-state index in [4.69, 9.17) is 4.12 Å². The SMILES string of the molecule is CNC(=O)Cc1ccc(SC[Si](C)(C)O[Si](C)C2CCC2)nn1. The Labute approximate surface area is 145 Å². The number of likely N-dealkylation sites (N-methyl/N-ethyl adjacent to an activating group) is 1. The molecule has 1 aliphatic carbocycles. The van der Waals surface area contributed by atoms with Gasteiger partial charge in [0.1, 0.15) is 5.03 Å². The summed E-state index contributed by atoms with van der Waals surface area (Å²) in [5, 5.41) is 12.8. The number of carbonyl (C=O) groups excluding carboxylic acids is 1. The van der Waals surface area contributed by atoms with Gasteiger partial charge < -0.3 is 9.43 Å². The number of rotatable bonds is 8. The average molecular weight is 369 g/mol. The number of nitrogens with zero attached hydrogens (tertiary/aromatic N) is 2. The summed E-state index contributed by atoms with van der Waals surface area (Å²) in [6.45, 7) is 6.90. The van der Waals surface area contributed by atoms with E-state index in [1.807, 2.05) is 12.1 Å². The molecule has 1 aromatic rings. The van der Waals surface area contributed by atoms with Crippen molar-refractivity contribution in [1.29, 1.82) is 0 Å². The van der Waals surface area contributed by atoms with Gasteiger partial charge in [-0.05, 0) is 37.3 Å². The van der Waals surface area contributed by atoms with Gasteiger partial charge in [0.25, 0.3) is 0 Å². The van der Waals surface area contributed by atoms with Crippen LogP contribution in [0.4, 0.5) is 0 Å². The first-order valence-corrected chi connectivity index (χ1v) is 14.2. The second kappa shape index (κ2) is 8.41. The van der Waals surface area contributed by atoms with E-state index >= 15 is 0 Å². The van der Waals surface area contributed by atoms with Gasteiger partial charge in [0.2, 0.25) is 5.91 Å². The molecule has 1 radical (unpaired) electrons. The van der Waals surface area contributed by atoms with E-state index in [0.29, 0.717) is 5.69 Å². The van der Waals surface area contributed by atoms with Crippen LogP contribution in [0.25, 0.3) is 0 Å². The van der Waals surface area contributed by atoms with Crippen LogP contribution in [0.2, 0.25) is 25.2 Å². The van der Waals surface area contributed by atoms with Crippen LogP contribution in [-0.4, -0.2) is 45.9 Å². The van der Waals surface area contributed by atoms with Crippen molar-refractivity contribution in [3.8, 4) is 0 Å². The molecule has 5 nitrogen and oxygen atoms in total. The number of aromatic nitrogens is 2. The molecule has 23 heavy (non-hydrogen) atoms. The molecular formula is C15H26N3O2SSi2. The van der Waals surface area contributed by atoms with Crippen LogP contribution >= 0.6 is 11.8 Å². The summed E-state index contributed by atoms with van der Waals surface area (Å²) < 4.78 is 6.47. The number of carbonyl (C=O) groups is 1. The van der Waals surface area contributed by atoms with Crippen molar-refractivity contribution in [3.63, 3.8) is 0 Å². The van der Waals surface area contributed by atoms with E-state index in [1.165, 1.54) is 19.3 Å². The van der Waals surface area contributed by atoms with Gasteiger partial charge in [-0.15, -0.1) is 16.9 Å². The monoisotopic (exact) mass is 368 g/mol. The Hall–Kier alpha value is -0.706. The predicted molar refractivity (Wildman–Crippen MR) is 98.3 cm³/mol. The van der Waals surface area contributed by atoms with Crippen LogP contribution in [0.5, 0.6) is 0 Å². The molecule has 1 aromatic heterocycles. The van der Waals surface area contributed by atoms with E-state index in [0.717, 1.165) is 15.9 Å². The zero-order valence-electron chi connectivity index (χ0n) is 14.4. The van der Waals surface area contributed by atoms with Crippen LogP contribution in [0, 0.1) is 0 Å². The molecular weight excluding hydrogens is 342 g/mol. The van der Waals surface area contributed by atoms with Crippen molar-refractivity contribution in [2.45, 2.75) is 55.9 Å². The number of thioether (sulfide) groups is 1. The van der Waals surface area contributed by atoms with Crippen LogP contribution in [0.1, 0.15) is 25.0 Å². The number of amides is 1. The van der Waals surface area contributed by atoms with Gasteiger partial charge in [-0.1, -0.05) is 19.3 Å². The van der Waals surface area contributed by atoms with Crippen LogP contribution < -0.4 is 5.32 Å². The molecule has 8 heteroatoms. The van der Waals surface area contributed by atoms with Crippen molar-refractivity contribution in [3.05, 3.63) is 17.8 Å². The Bertz CT molecular complexity index is 524. The van der Waals surface area contributed by atoms with Gasteiger partial charge in [-0.3, -0.25) is 4.79 Å². The fourth-order valence-corrected chi connectivity index (χ4v) is 10.8. The second-order valence-electron chi connectivity index (χ2n) is 6.60. The fraction of sp³-hybridized carbons (Fsp3) is 0.667. The molecule has 0 aliphatic heterocycles. The molecule has 1 saturated carbocycles. The summed E-state index contributed by atoms with van der Waals surface area (Å²) in [5.74, 6) is -0.0461. The van der Waals surface area contributed by atoms with Crippen LogP contribution in [0.3, 0.4) is 0 Å². The Morgan fingerprint density at radius 1 is 1.43 bits per heavy atom. The molecule has 0 atom stereocenters. The maximum absolute atomic E-state index is 11.3. The molecule has 0 bridgehead atoms. The Balaban J connectivity index is 1.80. The van der Waals surface area contributed by atoms with E-state index in [2.05, 4.69) is 35.2 Å². The summed E-state index contributed by atoms with van der Waals surface area (Å²) in [6.07, 6.45) is 4.38. The minimum atomic E-state index is -1.66. The number of hydrogen-bond donors (Lipinski definition) is 1. The first-order chi connectivity index (χ1) is 10.9. The molecule has 0 aromatic carbocycles. The molecule has 1 fully saturated rings. The highest BCUT2D eigenvalue weighted by molar-refractivity contribution is 8.00. The molecule has 1 N–H and O–H groups in total. The lowest BCUT2D eigenvalue weighted by Crippen LogP contribution is -2.42. The minimum absolute atomic E-state index is 0.0461. The quantitative estimate of drug-likeness (QED) is 0.565. The molecule has 0 saturated heterocycles. The van der Waals surface area contributed by atoms with Crippen molar-refractivity contribution < 1.29 is 8.91 Å². The van der Waals surface area contributed by atoms with E-state index in [1.54, 1.807) is 18.8 Å². The molecule has 2 rings (SSSR count). The lowest BCUT2D eigenvalue weighted by molar-refractivity contribution is -0.120. The van der Waals surface area contributed by atoms with E-state index in [9.17, 15) is 4.79 Å². The lowest BCUT2D eigenvalue weighted by Gasteiger charge is -2.35. The number of nitrogens with one attached hydrogen (secondary N) is 1. The summed E-state index contributed by atoms with van der Waals surface area (Å²) in [7, 11) is -0.685. The molecule has 1 amide bonds. The van der Waals surface area contributed by atoms with Crippen LogP contribution in [0.15, 0.2) is 17.2 Å². The number of hydrogen-bond acceptors (Lipinski definition) is 5. The smallest absolute Gasteiger partial charge is 0.225 e. The second-order valence-corrected chi connectivity index (χ2v) is 14.8. The van der Waals surface area contributed by atoms with Crippen LogP contribution in [-0.2, 0) is 15.3 Å². The Morgan fingerprint density at radius 2 is 2.17 bits per heavy atom. The predicted octanol–water partition coefficient (Wildman–Crippen LogP) is 2.79. The van der Waals surface area contributed by atoms with Crippen molar-refractivity contribution in [1.82, 2.24) is 15.5 Å². The van der Waals surface area contributed by atoms with Gasteiger partial charge in [0.05, 0.1) is 12.1 Å². The lowest BCUT2D eigenvalue weighted by atomic mass is 10.00. The zero-order valence-corrected chi connectivity index (χ0v) is 17.2. The summed E-state index contributed by atoms with van der Waals surface area (Å²) in [6, 6.07) is 3.83. The third-order valence-electron chi connectivity index (χ3n) is 4.00. The standard InChI is InChI=1S/C15H26N3O2SSi2/c1-16-14(19)10-12-8-9-15(18-17-12)21-11-23(3,4)20-22(2)13-6-5-7-13/h8-9,13H,5-7,10-11H2,1-4H3,(H,16,19). The molecule has 127 valence electrons. The first kappa shape index (κ1) is 18.6. The highest BCUT2D eigenvalue weighted by atomic mass is 32.2. The van der Waals surface area contributed by atoms with Gasteiger partial charge in [0.15, 0.2) is 17.4 Å². The van der Waals surface area contributed by atoms with Gasteiger partial charge in [-0.25, -0.2) is 0 Å². The van der Waals surface area contributed by atoms with Gasteiger partial charge in [-0.2, -0.15) is 5.10 Å². The molecule has 0 spiro atoms. The minimum Gasteiger partial charge on any atom is -0.455 e. The molecule has 1 aliphatic rings. The molecule has 0 unspecified atom stereocenters. The maximum atomic E-state index is 11.3. The normalized spacial score (nSPS) is 15.5. The van der Waals surface area contributed by atoms with Crippen molar-refractivity contribution in [2.24, 2.45) is 0 Å². The summed E-state index contributed by atoms with van der Waals surface area (Å²) in [4.78, 5) is 11.3. The van der Waals surface area contributed by atoms with Crippen molar-refractivity contribution >= 4 is 35.0 Å². The first-order valence-electron chi connectivity index (χ1n) is 8.08. The van der Waals surface area contributed by atoms with E-state index in [-0.39, 0.29) is 12.3 Å². The summed E-state index contributed by atoms with van der Waals surface area (Å²) in [5.41, 5.74) is 1.56. The van der Waals surface area contributed by atoms with Gasteiger partial charge >= 0.3 is 0 Å². The largest absolute Gasteiger partial charge is 0.455 e. The molecule has 1 heterocycles. The third-order valence-corrected chi connectivity index (χ3v) is 13.1. The van der Waals surface area contributed by atoms with E-state index < -0.39 is 17.4 Å². The average Bonchev–Trinajstić information content (AvgIpc) is 2.44. The Kier molecular flexibility index (Phi) is 6.81. The van der Waals surface area contributed by atoms with Gasteiger partial charge in [0, 0.05) is 12.4 Å². The van der Waals surface area contributed by atoms with Crippen molar-refractivity contribution in [2.75, 3.05) is 12.4 Å². The maximum Gasteiger partial charge on any atom is 0.225 e.